The molecule has 128 valence electrons. The van der Waals surface area contributed by atoms with Gasteiger partial charge in [0.25, 0.3) is 5.69 Å². The quantitative estimate of drug-likeness (QED) is 0.527. The number of carbonyl (C=O) groups excluding carboxylic acids is 1. The van der Waals surface area contributed by atoms with E-state index in [9.17, 15) is 14.9 Å². The predicted octanol–water partition coefficient (Wildman–Crippen LogP) is 2.85. The second kappa shape index (κ2) is 7.00. The molecule has 8 heteroatoms. The van der Waals surface area contributed by atoms with Crippen LogP contribution in [0.4, 0.5) is 11.4 Å². The van der Waals surface area contributed by atoms with Gasteiger partial charge in [-0.25, -0.2) is 0 Å². The maximum atomic E-state index is 12.2. The number of carbonyl (C=O) groups is 1. The number of nitro benzene ring substituents is 1. The number of amides is 1. The molecule has 1 aromatic carbocycles. The zero-order valence-electron chi connectivity index (χ0n) is 13.4. The first-order valence-electron chi connectivity index (χ1n) is 7.65. The molecule has 1 atom stereocenters. The summed E-state index contributed by atoms with van der Waals surface area (Å²) in [5, 5.41) is 17.4. The molecule has 0 aliphatic heterocycles. The lowest BCUT2D eigenvalue weighted by atomic mass is 10.1. The molecule has 1 amide bonds. The van der Waals surface area contributed by atoms with Gasteiger partial charge in [0.15, 0.2) is 0 Å². The number of aromatic nitrogens is 1. The van der Waals surface area contributed by atoms with Gasteiger partial charge in [-0.15, -0.1) is 0 Å². The Bertz CT molecular complexity index is 908. The van der Waals surface area contributed by atoms with E-state index in [2.05, 4.69) is 15.6 Å². The lowest BCUT2D eigenvalue weighted by Gasteiger charge is -2.16. The number of hydrogen-bond donors (Lipinski definition) is 2. The Hall–Kier alpha value is -3.42. The molecule has 2 heterocycles. The molecule has 0 spiro atoms. The van der Waals surface area contributed by atoms with Crippen LogP contribution in [0.15, 0.2) is 53.3 Å². The molecule has 0 radical (unpaired) electrons. The minimum atomic E-state index is -0.554. The number of furan rings is 1. The van der Waals surface area contributed by atoms with Crippen molar-refractivity contribution in [3.63, 3.8) is 0 Å². The Morgan fingerprint density at radius 1 is 1.32 bits per heavy atom. The summed E-state index contributed by atoms with van der Waals surface area (Å²) in [4.78, 5) is 27.1. The normalized spacial score (nSPS) is 11.9. The Kier molecular flexibility index (Phi) is 4.60. The smallest absolute Gasteiger partial charge is 0.278 e. The predicted molar refractivity (Wildman–Crippen MR) is 92.0 cm³/mol. The monoisotopic (exact) mass is 340 g/mol. The van der Waals surface area contributed by atoms with Crippen molar-refractivity contribution in [3.05, 3.63) is 64.7 Å². The van der Waals surface area contributed by atoms with Crippen LogP contribution < -0.4 is 10.6 Å². The zero-order chi connectivity index (χ0) is 17.8. The SMILES string of the molecule is CC(Nc1ccc([N+](=O)[O-])c2cccnc12)C(=O)NCc1ccco1. The lowest BCUT2D eigenvalue weighted by molar-refractivity contribution is -0.383. The number of nitrogens with zero attached hydrogens (tertiary/aromatic N) is 2. The number of anilines is 1. The largest absolute Gasteiger partial charge is 0.467 e. The fourth-order valence-corrected chi connectivity index (χ4v) is 2.47. The van der Waals surface area contributed by atoms with Gasteiger partial charge in [-0.2, -0.15) is 0 Å². The molecule has 2 N–H and O–H groups in total. The lowest BCUT2D eigenvalue weighted by Crippen LogP contribution is -2.37. The molecule has 2 aromatic heterocycles. The molecule has 25 heavy (non-hydrogen) atoms. The van der Waals surface area contributed by atoms with Gasteiger partial charge in [0.1, 0.15) is 17.3 Å². The maximum Gasteiger partial charge on any atom is 0.278 e. The van der Waals surface area contributed by atoms with Crippen LogP contribution in [0.5, 0.6) is 0 Å². The van der Waals surface area contributed by atoms with E-state index >= 15 is 0 Å². The maximum absolute atomic E-state index is 12.2. The highest BCUT2D eigenvalue weighted by Crippen LogP contribution is 2.30. The average Bonchev–Trinajstić information content (AvgIpc) is 3.13. The summed E-state index contributed by atoms with van der Waals surface area (Å²) in [5.41, 5.74) is 0.979. The Balaban J connectivity index is 1.77. The van der Waals surface area contributed by atoms with E-state index in [1.165, 1.54) is 12.3 Å². The van der Waals surface area contributed by atoms with E-state index in [0.29, 0.717) is 22.4 Å². The van der Waals surface area contributed by atoms with E-state index in [0.717, 1.165) is 0 Å². The van der Waals surface area contributed by atoms with Crippen molar-refractivity contribution >= 4 is 28.2 Å². The van der Waals surface area contributed by atoms with Crippen LogP contribution in [0.2, 0.25) is 0 Å². The third-order valence-corrected chi connectivity index (χ3v) is 3.73. The van der Waals surface area contributed by atoms with Crippen molar-refractivity contribution in [3.8, 4) is 0 Å². The summed E-state index contributed by atoms with van der Waals surface area (Å²) in [6.45, 7) is 1.99. The van der Waals surface area contributed by atoms with Gasteiger partial charge in [-0.05, 0) is 37.3 Å². The molecule has 0 saturated carbocycles. The summed E-state index contributed by atoms with van der Waals surface area (Å²) in [7, 11) is 0. The van der Waals surface area contributed by atoms with Crippen LogP contribution in [0.25, 0.3) is 10.9 Å². The van der Waals surface area contributed by atoms with Crippen molar-refractivity contribution < 1.29 is 14.1 Å². The number of hydrogen-bond acceptors (Lipinski definition) is 6. The van der Waals surface area contributed by atoms with Crippen LogP contribution in [-0.4, -0.2) is 21.9 Å². The van der Waals surface area contributed by atoms with Gasteiger partial charge < -0.3 is 15.1 Å². The van der Waals surface area contributed by atoms with Gasteiger partial charge in [0.05, 0.1) is 28.8 Å². The topological polar surface area (TPSA) is 110 Å². The summed E-state index contributed by atoms with van der Waals surface area (Å²) in [6.07, 6.45) is 3.09. The molecule has 1 unspecified atom stereocenters. The van der Waals surface area contributed by atoms with E-state index in [-0.39, 0.29) is 18.1 Å². The average molecular weight is 340 g/mol. The van der Waals surface area contributed by atoms with Crippen LogP contribution >= 0.6 is 0 Å². The Morgan fingerprint density at radius 3 is 2.88 bits per heavy atom. The summed E-state index contributed by atoms with van der Waals surface area (Å²) < 4.78 is 5.17. The van der Waals surface area contributed by atoms with Crippen LogP contribution in [0.3, 0.4) is 0 Å². The molecular formula is C17H16N4O4. The summed E-state index contributed by atoms with van der Waals surface area (Å²) >= 11 is 0. The van der Waals surface area contributed by atoms with Gasteiger partial charge in [-0.1, -0.05) is 0 Å². The molecule has 8 nitrogen and oxygen atoms in total. The molecule has 0 aliphatic rings. The zero-order valence-corrected chi connectivity index (χ0v) is 13.4. The Morgan fingerprint density at radius 2 is 2.16 bits per heavy atom. The first kappa shape index (κ1) is 16.4. The van der Waals surface area contributed by atoms with Gasteiger partial charge in [0.2, 0.25) is 5.91 Å². The number of rotatable bonds is 6. The highest BCUT2D eigenvalue weighted by atomic mass is 16.6. The molecule has 3 rings (SSSR count). The van der Waals surface area contributed by atoms with E-state index in [4.69, 9.17) is 4.42 Å². The summed E-state index contributed by atoms with van der Waals surface area (Å²) in [5.74, 6) is 0.432. The number of pyridine rings is 1. The number of benzene rings is 1. The third kappa shape index (κ3) is 3.57. The van der Waals surface area contributed by atoms with Gasteiger partial charge in [-0.3, -0.25) is 19.9 Å². The van der Waals surface area contributed by atoms with Crippen molar-refractivity contribution in [2.75, 3.05) is 5.32 Å². The van der Waals surface area contributed by atoms with Crippen molar-refractivity contribution in [2.45, 2.75) is 19.5 Å². The van der Waals surface area contributed by atoms with E-state index < -0.39 is 11.0 Å². The molecule has 3 aromatic rings. The number of nitro groups is 1. The van der Waals surface area contributed by atoms with Crippen LogP contribution in [0, 0.1) is 10.1 Å². The van der Waals surface area contributed by atoms with E-state index in [1.807, 2.05) is 0 Å². The first-order chi connectivity index (χ1) is 12.1. The highest BCUT2D eigenvalue weighted by Gasteiger charge is 2.18. The van der Waals surface area contributed by atoms with Gasteiger partial charge in [0, 0.05) is 12.3 Å². The minimum Gasteiger partial charge on any atom is -0.467 e. The van der Waals surface area contributed by atoms with E-state index in [1.54, 1.807) is 43.5 Å². The fourth-order valence-electron chi connectivity index (χ4n) is 2.47. The Labute approximate surface area is 143 Å². The van der Waals surface area contributed by atoms with Crippen LogP contribution in [0.1, 0.15) is 12.7 Å². The number of nitrogens with one attached hydrogen (secondary N) is 2. The molecule has 0 aliphatic carbocycles. The van der Waals surface area contributed by atoms with Crippen molar-refractivity contribution in [1.29, 1.82) is 0 Å². The molecule has 0 bridgehead atoms. The third-order valence-electron chi connectivity index (χ3n) is 3.73. The van der Waals surface area contributed by atoms with Gasteiger partial charge >= 0.3 is 0 Å². The van der Waals surface area contributed by atoms with Crippen LogP contribution in [-0.2, 0) is 11.3 Å². The second-order valence-electron chi connectivity index (χ2n) is 5.45. The number of non-ortho nitro benzene ring substituents is 1. The summed E-state index contributed by atoms with van der Waals surface area (Å²) in [6, 6.07) is 9.20. The minimum absolute atomic E-state index is 0.0245. The standard InChI is InChI=1S/C17H16N4O4/c1-11(17(22)19-10-12-4-3-9-25-12)20-14-6-7-15(21(23)24)13-5-2-8-18-16(13)14/h2-9,11,20H,10H2,1H3,(H,19,22). The first-order valence-corrected chi connectivity index (χ1v) is 7.65. The van der Waals surface area contributed by atoms with Crippen molar-refractivity contribution in [1.82, 2.24) is 10.3 Å². The van der Waals surface area contributed by atoms with Crippen molar-refractivity contribution in [2.24, 2.45) is 0 Å². The molecular weight excluding hydrogens is 324 g/mol. The highest BCUT2D eigenvalue weighted by molar-refractivity contribution is 5.98. The fraction of sp³-hybridized carbons (Fsp3) is 0.176. The second-order valence-corrected chi connectivity index (χ2v) is 5.45. The molecule has 0 saturated heterocycles. The molecule has 0 fully saturated rings. The number of fused-ring (bicyclic) bond motifs is 1.